The number of fused-ring (bicyclic) bond motifs is 1. The Kier molecular flexibility index (Phi) is 15.4. The Balaban J connectivity index is 0.000000172. The average Bonchev–Trinajstić information content (AvgIpc) is 3.55. The van der Waals surface area contributed by atoms with E-state index < -0.39 is 6.48 Å². The number of nitrogens with one attached hydrogen (secondary N) is 2. The third-order valence-electron chi connectivity index (χ3n) is 8.22. The van der Waals surface area contributed by atoms with E-state index in [1.54, 1.807) is 31.9 Å². The first-order valence-corrected chi connectivity index (χ1v) is 18.3. The van der Waals surface area contributed by atoms with Crippen LogP contribution in [0.1, 0.15) is 31.9 Å². The Morgan fingerprint density at radius 3 is 1.62 bits per heavy atom. The number of benzene rings is 4. The summed E-state index contributed by atoms with van der Waals surface area (Å²) in [6.45, 7) is 11.2. The predicted octanol–water partition coefficient (Wildman–Crippen LogP) is 9.66. The number of ether oxygens (including phenoxy) is 4. The highest BCUT2D eigenvalue weighted by Gasteiger charge is 2.40. The van der Waals surface area contributed by atoms with Gasteiger partial charge in [-0.2, -0.15) is 0 Å². The molecule has 12 heteroatoms. The molecule has 0 amide bonds. The quantitative estimate of drug-likeness (QED) is 0.110. The van der Waals surface area contributed by atoms with Crippen LogP contribution in [0.4, 0.5) is 46.0 Å². The molecule has 0 saturated carbocycles. The Hall–Kier alpha value is -5.92. The van der Waals surface area contributed by atoms with Crippen molar-refractivity contribution < 1.29 is 18.9 Å². The lowest BCUT2D eigenvalue weighted by Crippen LogP contribution is -2.40. The van der Waals surface area contributed by atoms with Gasteiger partial charge in [-0.25, -0.2) is 19.9 Å². The first-order valence-electron chi connectivity index (χ1n) is 18.3. The van der Waals surface area contributed by atoms with Crippen LogP contribution in [0.3, 0.4) is 0 Å². The van der Waals surface area contributed by atoms with Gasteiger partial charge in [0.05, 0.1) is 0 Å². The largest absolute Gasteiger partial charge is 0.343 e. The van der Waals surface area contributed by atoms with Gasteiger partial charge >= 0.3 is 0 Å². The molecule has 1 unspecified atom stereocenters. The summed E-state index contributed by atoms with van der Waals surface area (Å²) in [6.07, 6.45) is 6.44. The maximum atomic E-state index is 5.85. The number of nitrogens with zero attached hydrogens (tertiary/aromatic N) is 6. The molecule has 1 aliphatic rings. The summed E-state index contributed by atoms with van der Waals surface area (Å²) in [5.74, 6) is 2.99. The summed E-state index contributed by atoms with van der Waals surface area (Å²) in [4.78, 5) is 22.0. The van der Waals surface area contributed by atoms with Crippen LogP contribution < -0.4 is 20.4 Å². The smallest absolute Gasteiger partial charge is 0.271 e. The van der Waals surface area contributed by atoms with E-state index in [2.05, 4.69) is 72.4 Å². The van der Waals surface area contributed by atoms with Gasteiger partial charge in [-0.3, -0.25) is 9.80 Å². The topological polar surface area (TPSA) is 119 Å². The molecule has 2 aromatic heterocycles. The summed E-state index contributed by atoms with van der Waals surface area (Å²) in [7, 11) is 1.71. The van der Waals surface area contributed by atoms with Crippen LogP contribution in [-0.2, 0) is 18.9 Å². The van der Waals surface area contributed by atoms with E-state index in [-0.39, 0.29) is 6.35 Å². The molecule has 0 radical (unpaired) electrons. The second-order valence-electron chi connectivity index (χ2n) is 12.0. The van der Waals surface area contributed by atoms with Crippen molar-refractivity contribution >= 4 is 46.0 Å². The van der Waals surface area contributed by atoms with Crippen molar-refractivity contribution in [2.75, 3.05) is 47.4 Å². The van der Waals surface area contributed by atoms with Gasteiger partial charge in [-0.1, -0.05) is 72.8 Å². The molecule has 1 aliphatic heterocycles. The first kappa shape index (κ1) is 40.3. The Morgan fingerprint density at radius 1 is 0.564 bits per heavy atom. The third-order valence-corrected chi connectivity index (χ3v) is 8.22. The van der Waals surface area contributed by atoms with Crippen LogP contribution in [0.2, 0.25) is 0 Å². The maximum absolute atomic E-state index is 5.85. The molecule has 55 heavy (non-hydrogen) atoms. The van der Waals surface area contributed by atoms with Crippen molar-refractivity contribution in [2.45, 2.75) is 47.4 Å². The summed E-state index contributed by atoms with van der Waals surface area (Å²) in [5, 5.41) is 6.60. The van der Waals surface area contributed by atoms with E-state index >= 15 is 0 Å². The van der Waals surface area contributed by atoms with Gasteiger partial charge in [0.15, 0.2) is 23.3 Å². The number of hydrogen-bond acceptors (Lipinski definition) is 12. The monoisotopic (exact) mass is 742 g/mol. The minimum atomic E-state index is -0.472. The number of rotatable bonds is 13. The van der Waals surface area contributed by atoms with Crippen LogP contribution >= 0.6 is 0 Å². The van der Waals surface area contributed by atoms with E-state index in [0.717, 1.165) is 45.5 Å². The molecular formula is C43H50N8O4. The number of aryl methyl sites for hydroxylation is 2. The molecule has 0 fully saturated rings. The highest BCUT2D eigenvalue weighted by molar-refractivity contribution is 5.83. The molecule has 2 N–H and O–H groups in total. The predicted molar refractivity (Wildman–Crippen MR) is 220 cm³/mol. The van der Waals surface area contributed by atoms with Crippen LogP contribution in [0.25, 0.3) is 0 Å². The first-order chi connectivity index (χ1) is 27.0. The zero-order chi connectivity index (χ0) is 38.8. The highest BCUT2D eigenvalue weighted by atomic mass is 16.8. The fourth-order valence-corrected chi connectivity index (χ4v) is 5.68. The molecule has 12 nitrogen and oxygen atoms in total. The molecule has 1 atom stereocenters. The van der Waals surface area contributed by atoms with Gasteiger partial charge in [0.25, 0.3) is 6.48 Å². The molecule has 0 bridgehead atoms. The van der Waals surface area contributed by atoms with Crippen molar-refractivity contribution in [2.24, 2.45) is 0 Å². The second-order valence-corrected chi connectivity index (χ2v) is 12.0. The van der Waals surface area contributed by atoms with Crippen LogP contribution in [0.5, 0.6) is 0 Å². The molecule has 0 spiro atoms. The van der Waals surface area contributed by atoms with Gasteiger partial charge in [-0.05, 0) is 82.1 Å². The second kappa shape index (κ2) is 21.1. The lowest BCUT2D eigenvalue weighted by molar-refractivity contribution is -0.282. The molecule has 6 aromatic rings. The average molecular weight is 743 g/mol. The summed E-state index contributed by atoms with van der Waals surface area (Å²) < 4.78 is 21.1. The zero-order valence-corrected chi connectivity index (χ0v) is 32.3. The van der Waals surface area contributed by atoms with Gasteiger partial charge < -0.3 is 29.6 Å². The maximum Gasteiger partial charge on any atom is 0.271 e. The van der Waals surface area contributed by atoms with Crippen molar-refractivity contribution in [3.05, 3.63) is 145 Å². The van der Waals surface area contributed by atoms with E-state index in [9.17, 15) is 0 Å². The SMILES string of the molecule is CCOC(OCC)OCC.COC1N(c2ccccc2)c2nccnc2N1c1ccccc1C.Cc1ccccc1Nc1nccnc1Nc1ccccc1. The Bertz CT molecular complexity index is 2010. The van der Waals surface area contributed by atoms with Gasteiger partial charge in [-0.15, -0.1) is 0 Å². The standard InChI is InChI=1S/C19H18N4O.C17H16N4.C7H16O3/c1-14-8-6-7-11-16(14)23-18-17(20-12-13-21-18)22(19(23)24-2)15-9-4-3-5-10-15;1-13-7-5-6-10-15(13)21-17-16(18-11-12-19-17)20-14-8-3-2-4-9-14;1-4-8-7(9-5-2)10-6-3/h3-13,19H,1-2H3;2-12H,1H3,(H,18,20)(H,19,21);7H,4-6H2,1-3H3. The van der Waals surface area contributed by atoms with Crippen molar-refractivity contribution in [3.63, 3.8) is 0 Å². The van der Waals surface area contributed by atoms with Crippen LogP contribution in [0, 0.1) is 13.8 Å². The Labute approximate surface area is 324 Å². The van der Waals surface area contributed by atoms with E-state index in [4.69, 9.17) is 18.9 Å². The molecule has 286 valence electrons. The number of methoxy groups -OCH3 is 1. The summed E-state index contributed by atoms with van der Waals surface area (Å²) >= 11 is 0. The van der Waals surface area contributed by atoms with Crippen LogP contribution in [-0.4, -0.2) is 59.7 Å². The highest BCUT2D eigenvalue weighted by Crippen LogP contribution is 2.45. The summed E-state index contributed by atoms with van der Waals surface area (Å²) in [5.41, 5.74) is 6.39. The minimum Gasteiger partial charge on any atom is -0.343 e. The van der Waals surface area contributed by atoms with E-state index in [1.807, 2.05) is 112 Å². The molecule has 3 heterocycles. The van der Waals surface area contributed by atoms with E-state index in [1.165, 1.54) is 0 Å². The molecule has 7 rings (SSSR count). The van der Waals surface area contributed by atoms with Gasteiger partial charge in [0.1, 0.15) is 0 Å². The van der Waals surface area contributed by atoms with Crippen molar-refractivity contribution in [3.8, 4) is 0 Å². The van der Waals surface area contributed by atoms with Crippen LogP contribution in [0.15, 0.2) is 134 Å². The lowest BCUT2D eigenvalue weighted by atomic mass is 10.2. The third kappa shape index (κ3) is 10.8. The number of aromatic nitrogens is 4. The summed E-state index contributed by atoms with van der Waals surface area (Å²) in [6, 6.07) is 36.3. The van der Waals surface area contributed by atoms with Crippen molar-refractivity contribution in [1.29, 1.82) is 0 Å². The molecule has 0 aliphatic carbocycles. The van der Waals surface area contributed by atoms with Crippen molar-refractivity contribution in [1.82, 2.24) is 19.9 Å². The molecular weight excluding hydrogens is 693 g/mol. The normalized spacial score (nSPS) is 13.0. The minimum absolute atomic E-state index is 0.342. The fourth-order valence-electron chi connectivity index (χ4n) is 5.68. The molecule has 4 aromatic carbocycles. The van der Waals surface area contributed by atoms with Gasteiger partial charge in [0.2, 0.25) is 6.35 Å². The lowest BCUT2D eigenvalue weighted by Gasteiger charge is -2.31. The number of para-hydroxylation sites is 4. The Morgan fingerprint density at radius 2 is 1.05 bits per heavy atom. The number of anilines is 8. The zero-order valence-electron chi connectivity index (χ0n) is 32.3. The molecule has 0 saturated heterocycles. The van der Waals surface area contributed by atoms with Gasteiger partial charge in [0, 0.05) is 74.5 Å². The van der Waals surface area contributed by atoms with E-state index in [0.29, 0.717) is 31.5 Å². The number of hydrogen-bond donors (Lipinski definition) is 2. The fraction of sp³-hybridized carbons (Fsp3) is 0.256.